The monoisotopic (exact) mass is 518 g/mol. The number of aliphatic carboxylic acids is 1. The minimum atomic E-state index is -2.49. The van der Waals surface area contributed by atoms with Crippen LogP contribution >= 0.6 is 10.6 Å². The number of anilines is 1. The number of hydrogen-bond donors (Lipinski definition) is 3. The molecule has 192 valence electrons. The first-order valence-corrected chi connectivity index (χ1v) is 13.8. The largest absolute Gasteiger partial charge is 0.481 e. The van der Waals surface area contributed by atoms with Crippen LogP contribution in [0.4, 0.5) is 14.5 Å². The van der Waals surface area contributed by atoms with Crippen molar-refractivity contribution in [2.45, 2.75) is 31.4 Å². The van der Waals surface area contributed by atoms with Crippen LogP contribution in [-0.2, 0) is 4.79 Å². The molecular formula is C25H28F2N4O4S. The average Bonchev–Trinajstić information content (AvgIpc) is 3.30. The van der Waals surface area contributed by atoms with Gasteiger partial charge in [0.05, 0.1) is 29.3 Å². The summed E-state index contributed by atoms with van der Waals surface area (Å²) in [5.74, 6) is -1.84. The maximum absolute atomic E-state index is 14.1. The Bertz CT molecular complexity index is 1230. The number of nitrogens with zero attached hydrogens (tertiary/aromatic N) is 4. The number of benzene rings is 1. The Morgan fingerprint density at radius 1 is 1.06 bits per heavy atom. The highest BCUT2D eigenvalue weighted by atomic mass is 32.3. The van der Waals surface area contributed by atoms with Gasteiger partial charge in [0.2, 0.25) is 0 Å². The maximum Gasteiger partial charge on any atom is 0.307 e. The number of pyridine rings is 1. The van der Waals surface area contributed by atoms with E-state index in [2.05, 4.69) is 15.0 Å². The zero-order valence-electron chi connectivity index (χ0n) is 19.5. The molecule has 2 fully saturated rings. The smallest absolute Gasteiger partial charge is 0.307 e. The van der Waals surface area contributed by atoms with E-state index in [-0.39, 0.29) is 12.8 Å². The highest BCUT2D eigenvalue weighted by molar-refractivity contribution is 8.24. The molecule has 3 atom stereocenters. The van der Waals surface area contributed by atoms with E-state index in [0.29, 0.717) is 48.1 Å². The summed E-state index contributed by atoms with van der Waals surface area (Å²) in [5, 5.41) is 14.5. The molecule has 0 radical (unpaired) electrons. The summed E-state index contributed by atoms with van der Waals surface area (Å²) in [4.78, 5) is 18.2. The fourth-order valence-corrected chi connectivity index (χ4v) is 6.29. The number of rotatable bonds is 5. The van der Waals surface area contributed by atoms with Crippen LogP contribution in [0, 0.1) is 11.7 Å². The molecule has 2 aliphatic rings. The lowest BCUT2D eigenvalue weighted by atomic mass is 9.75. The maximum atomic E-state index is 14.1. The zero-order chi connectivity index (χ0) is 25.4. The van der Waals surface area contributed by atoms with Gasteiger partial charge in [-0.1, -0.05) is 12.1 Å². The Morgan fingerprint density at radius 2 is 1.78 bits per heavy atom. The van der Waals surface area contributed by atoms with Crippen molar-refractivity contribution in [3.05, 3.63) is 60.3 Å². The molecule has 2 aromatic heterocycles. The zero-order valence-corrected chi connectivity index (χ0v) is 20.3. The lowest BCUT2D eigenvalue weighted by Gasteiger charge is -2.41. The van der Waals surface area contributed by atoms with Crippen molar-refractivity contribution in [3.63, 3.8) is 0 Å². The molecule has 8 nitrogen and oxygen atoms in total. The average molecular weight is 519 g/mol. The van der Waals surface area contributed by atoms with Gasteiger partial charge < -0.3 is 10.0 Å². The van der Waals surface area contributed by atoms with Crippen LogP contribution in [0.3, 0.4) is 0 Å². The second-order valence-corrected chi connectivity index (χ2v) is 11.8. The van der Waals surface area contributed by atoms with Crippen LogP contribution in [0.1, 0.15) is 30.9 Å². The fourth-order valence-electron chi connectivity index (χ4n) is 5.06. The number of hydrogen-bond acceptors (Lipinski definition) is 6. The number of carboxylic acids is 1. The van der Waals surface area contributed by atoms with Crippen LogP contribution in [0.25, 0.3) is 16.9 Å². The minimum Gasteiger partial charge on any atom is -0.481 e. The third-order valence-corrected chi connectivity index (χ3v) is 8.74. The molecule has 5 rings (SSSR count). The number of aromatic nitrogens is 3. The SMILES string of the molecule is O=C(O)[C@@H]1C[C@@H](F)CC[C@H]1c1nn(-c2ccc(F)cn2)cc1-c1ccc(N2CCS(O)(O)CC2)cc1. The van der Waals surface area contributed by atoms with Gasteiger partial charge >= 0.3 is 5.97 Å². The van der Waals surface area contributed by atoms with E-state index in [1.165, 1.54) is 16.8 Å². The normalized spacial score (nSPS) is 24.9. The van der Waals surface area contributed by atoms with Gasteiger partial charge in [-0.25, -0.2) is 18.4 Å². The van der Waals surface area contributed by atoms with Crippen LogP contribution in [-0.4, -0.2) is 65.7 Å². The number of halogens is 2. The molecular weight excluding hydrogens is 490 g/mol. The van der Waals surface area contributed by atoms with Gasteiger partial charge in [0.25, 0.3) is 0 Å². The second-order valence-electron chi connectivity index (χ2n) is 9.41. The van der Waals surface area contributed by atoms with Crippen LogP contribution in [0.2, 0.25) is 0 Å². The molecule has 0 bridgehead atoms. The first kappa shape index (κ1) is 24.7. The van der Waals surface area contributed by atoms with Gasteiger partial charge in [-0.3, -0.25) is 13.9 Å². The van der Waals surface area contributed by atoms with E-state index in [0.717, 1.165) is 17.4 Å². The van der Waals surface area contributed by atoms with Crippen LogP contribution < -0.4 is 4.90 Å². The van der Waals surface area contributed by atoms with E-state index in [1.54, 1.807) is 6.20 Å². The van der Waals surface area contributed by atoms with E-state index in [4.69, 9.17) is 0 Å². The van der Waals surface area contributed by atoms with Crippen LogP contribution in [0.15, 0.2) is 48.8 Å². The summed E-state index contributed by atoms with van der Waals surface area (Å²) in [5.41, 5.74) is 3.04. The lowest BCUT2D eigenvalue weighted by molar-refractivity contribution is -0.144. The predicted octanol–water partition coefficient (Wildman–Crippen LogP) is 4.95. The number of alkyl halides is 1. The molecule has 1 aliphatic carbocycles. The molecule has 0 unspecified atom stereocenters. The topological polar surface area (TPSA) is 112 Å². The van der Waals surface area contributed by atoms with Crippen LogP contribution in [0.5, 0.6) is 0 Å². The van der Waals surface area contributed by atoms with Gasteiger partial charge in [-0.05, 0) is 49.1 Å². The van der Waals surface area contributed by atoms with Crippen molar-refractivity contribution in [2.75, 3.05) is 29.5 Å². The van der Waals surface area contributed by atoms with Crippen molar-refractivity contribution in [2.24, 2.45) is 5.92 Å². The molecule has 1 aliphatic heterocycles. The molecule has 3 heterocycles. The molecule has 36 heavy (non-hydrogen) atoms. The molecule has 1 saturated carbocycles. The minimum absolute atomic E-state index is 0.0613. The summed E-state index contributed by atoms with van der Waals surface area (Å²) in [6.45, 7) is 1.10. The van der Waals surface area contributed by atoms with E-state index in [1.807, 2.05) is 24.3 Å². The summed E-state index contributed by atoms with van der Waals surface area (Å²) in [6.07, 6.45) is 2.25. The van der Waals surface area contributed by atoms with Gasteiger partial charge in [-0.15, -0.1) is 0 Å². The van der Waals surface area contributed by atoms with Crippen molar-refractivity contribution in [1.82, 2.24) is 14.8 Å². The van der Waals surface area contributed by atoms with Crippen molar-refractivity contribution < 1.29 is 27.8 Å². The highest BCUT2D eigenvalue weighted by Gasteiger charge is 2.39. The van der Waals surface area contributed by atoms with Gasteiger partial charge in [0.15, 0.2) is 5.82 Å². The van der Waals surface area contributed by atoms with Crippen molar-refractivity contribution in [3.8, 4) is 16.9 Å². The van der Waals surface area contributed by atoms with Crippen molar-refractivity contribution >= 4 is 22.2 Å². The first-order chi connectivity index (χ1) is 17.2. The lowest BCUT2D eigenvalue weighted by Crippen LogP contribution is -2.38. The van der Waals surface area contributed by atoms with Gasteiger partial charge in [0, 0.05) is 36.5 Å². The summed E-state index contributed by atoms with van der Waals surface area (Å²) >= 11 is 0. The number of carbonyl (C=O) groups is 1. The Balaban J connectivity index is 1.51. The first-order valence-electron chi connectivity index (χ1n) is 11.9. The van der Waals surface area contributed by atoms with E-state index in [9.17, 15) is 27.8 Å². The third-order valence-electron chi connectivity index (χ3n) is 7.06. The van der Waals surface area contributed by atoms with Crippen molar-refractivity contribution in [1.29, 1.82) is 0 Å². The highest BCUT2D eigenvalue weighted by Crippen LogP contribution is 2.44. The van der Waals surface area contributed by atoms with E-state index >= 15 is 0 Å². The Labute approximate surface area is 208 Å². The number of carboxylic acid groups (broad SMARTS) is 1. The predicted molar refractivity (Wildman–Crippen MR) is 134 cm³/mol. The summed E-state index contributed by atoms with van der Waals surface area (Å²) in [6, 6.07) is 10.5. The van der Waals surface area contributed by atoms with Gasteiger partial charge in [-0.2, -0.15) is 15.7 Å². The second kappa shape index (κ2) is 9.79. The molecule has 3 aromatic rings. The fraction of sp³-hybridized carbons (Fsp3) is 0.400. The Kier molecular flexibility index (Phi) is 6.71. The third kappa shape index (κ3) is 5.09. The molecule has 11 heteroatoms. The molecule has 1 aromatic carbocycles. The molecule has 3 N–H and O–H groups in total. The van der Waals surface area contributed by atoms with Gasteiger partial charge in [0.1, 0.15) is 12.0 Å². The quantitative estimate of drug-likeness (QED) is 0.438. The molecule has 0 spiro atoms. The molecule has 1 saturated heterocycles. The molecule has 0 amide bonds. The summed E-state index contributed by atoms with van der Waals surface area (Å²) < 4.78 is 48.8. The Morgan fingerprint density at radius 3 is 2.42 bits per heavy atom. The summed E-state index contributed by atoms with van der Waals surface area (Å²) in [7, 11) is -2.49. The van der Waals surface area contributed by atoms with E-state index < -0.39 is 40.4 Å². The Hall–Kier alpha value is -3.02. The standard InChI is InChI=1S/C25H28F2N4O4S/c26-17-3-7-20(21(13-17)25(32)33)24-22(15-31(29-24)23-8-4-18(27)14-28-23)16-1-5-19(6-2-16)30-9-11-36(34,35)12-10-30/h1-2,4-6,8,14-15,17,20-21,34-35H,3,7,9-13H2,(H,32,33)/t17-,20+,21+/m0/s1.